The zero-order chi connectivity index (χ0) is 57.8. The van der Waals surface area contributed by atoms with Crippen LogP contribution in [0.3, 0.4) is 0 Å². The van der Waals surface area contributed by atoms with E-state index in [1.165, 1.54) is 327 Å². The van der Waals surface area contributed by atoms with Gasteiger partial charge in [0, 0.05) is 19.3 Å². The molecule has 0 amide bonds. The average Bonchev–Trinajstić information content (AvgIpc) is 3.46. The van der Waals surface area contributed by atoms with Crippen molar-refractivity contribution in [2.75, 3.05) is 13.2 Å². The van der Waals surface area contributed by atoms with E-state index in [1.54, 1.807) is 0 Å². The van der Waals surface area contributed by atoms with Gasteiger partial charge in [0.2, 0.25) is 0 Å². The van der Waals surface area contributed by atoms with Gasteiger partial charge in [-0.15, -0.1) is 0 Å². The third-order valence-corrected chi connectivity index (χ3v) is 17.0. The number of unbranched alkanes of at least 4 members (excludes halogenated alkanes) is 56. The maximum atomic E-state index is 13.0. The summed E-state index contributed by atoms with van der Waals surface area (Å²) in [5.41, 5.74) is 0. The van der Waals surface area contributed by atoms with E-state index >= 15 is 0 Å². The smallest absolute Gasteiger partial charge is 0.306 e. The lowest BCUT2D eigenvalue weighted by molar-refractivity contribution is -0.167. The first-order chi connectivity index (χ1) is 39.5. The van der Waals surface area contributed by atoms with Crippen LogP contribution in [-0.2, 0) is 28.6 Å². The van der Waals surface area contributed by atoms with E-state index in [0.29, 0.717) is 19.3 Å². The van der Waals surface area contributed by atoms with Crippen LogP contribution in [0.2, 0.25) is 0 Å². The van der Waals surface area contributed by atoms with E-state index in [0.717, 1.165) is 57.8 Å². The maximum absolute atomic E-state index is 13.0. The molecule has 6 nitrogen and oxygen atoms in total. The second-order valence-corrected chi connectivity index (χ2v) is 25.2. The van der Waals surface area contributed by atoms with Crippen LogP contribution < -0.4 is 0 Å². The molecule has 474 valence electrons. The molecule has 0 aliphatic heterocycles. The molecule has 0 heterocycles. The van der Waals surface area contributed by atoms with Gasteiger partial charge in [-0.2, -0.15) is 0 Å². The van der Waals surface area contributed by atoms with Gasteiger partial charge in [-0.25, -0.2) is 0 Å². The molecule has 0 fully saturated rings. The summed E-state index contributed by atoms with van der Waals surface area (Å²) in [5.74, 6) is -0.823. The largest absolute Gasteiger partial charge is 0.462 e. The molecule has 0 spiro atoms. The molecule has 0 saturated carbocycles. The van der Waals surface area contributed by atoms with Crippen LogP contribution in [0.5, 0.6) is 0 Å². The molecule has 1 unspecified atom stereocenters. The standard InChI is InChI=1S/C74H142O6/c1-4-7-10-13-16-19-22-25-28-30-32-34-36-37-38-40-41-43-46-49-52-55-58-61-64-67-73(76)79-70-71(69-78-72(75)66-63-60-57-54-51-48-45-27-24-21-18-15-12-9-6-3)80-74(77)68-65-62-59-56-53-50-47-44-42-39-35-33-31-29-26-23-20-17-14-11-8-5-2/h30,32,71H,4-29,31,33-70H2,1-3H3/b32-30-. The molecule has 1 atom stereocenters. The van der Waals surface area contributed by atoms with Gasteiger partial charge in [0.15, 0.2) is 6.10 Å². The predicted molar refractivity (Wildman–Crippen MR) is 349 cm³/mol. The Morgan fingerprint density at radius 2 is 0.412 bits per heavy atom. The van der Waals surface area contributed by atoms with Crippen molar-refractivity contribution in [2.24, 2.45) is 0 Å². The van der Waals surface area contributed by atoms with E-state index in [2.05, 4.69) is 32.9 Å². The van der Waals surface area contributed by atoms with Crippen LogP contribution >= 0.6 is 0 Å². The lowest BCUT2D eigenvalue weighted by atomic mass is 10.0. The van der Waals surface area contributed by atoms with Gasteiger partial charge in [-0.1, -0.05) is 373 Å². The van der Waals surface area contributed by atoms with E-state index in [9.17, 15) is 14.4 Å². The Hall–Kier alpha value is -1.85. The Balaban J connectivity index is 4.23. The SMILES string of the molecule is CCCCCCCCCC/C=C\CCCCCCCCCCCCCCCC(=O)OCC(COC(=O)CCCCCCCCCCCCCCCCC)OC(=O)CCCCCCCCCCCCCCCCCCCCCCCC. The van der Waals surface area contributed by atoms with Gasteiger partial charge in [0.1, 0.15) is 13.2 Å². The number of allylic oxidation sites excluding steroid dienone is 2. The highest BCUT2D eigenvalue weighted by Crippen LogP contribution is 2.19. The van der Waals surface area contributed by atoms with Gasteiger partial charge in [0.25, 0.3) is 0 Å². The summed E-state index contributed by atoms with van der Waals surface area (Å²) in [6.07, 6.45) is 83.9. The van der Waals surface area contributed by atoms with Crippen molar-refractivity contribution < 1.29 is 28.6 Å². The van der Waals surface area contributed by atoms with Gasteiger partial charge in [-0.3, -0.25) is 14.4 Å². The van der Waals surface area contributed by atoms with Crippen molar-refractivity contribution in [3.8, 4) is 0 Å². The number of ether oxygens (including phenoxy) is 3. The van der Waals surface area contributed by atoms with E-state index in [1.807, 2.05) is 0 Å². The highest BCUT2D eigenvalue weighted by atomic mass is 16.6. The monoisotopic (exact) mass is 1130 g/mol. The number of hydrogen-bond acceptors (Lipinski definition) is 6. The molecule has 0 aromatic rings. The van der Waals surface area contributed by atoms with Crippen LogP contribution in [0.25, 0.3) is 0 Å². The van der Waals surface area contributed by atoms with Crippen molar-refractivity contribution >= 4 is 17.9 Å². The minimum Gasteiger partial charge on any atom is -0.462 e. The number of carbonyl (C=O) groups excluding carboxylic acids is 3. The zero-order valence-corrected chi connectivity index (χ0v) is 54.6. The molecule has 0 aromatic carbocycles. The van der Waals surface area contributed by atoms with Crippen LogP contribution in [-0.4, -0.2) is 37.2 Å². The summed E-state index contributed by atoms with van der Waals surface area (Å²) in [6.45, 7) is 6.74. The molecule has 0 radical (unpaired) electrons. The molecule has 0 saturated heterocycles. The average molecular weight is 1130 g/mol. The number of esters is 3. The lowest BCUT2D eigenvalue weighted by Gasteiger charge is -2.18. The van der Waals surface area contributed by atoms with E-state index in [4.69, 9.17) is 14.2 Å². The summed E-state index contributed by atoms with van der Waals surface area (Å²) in [5, 5.41) is 0. The zero-order valence-electron chi connectivity index (χ0n) is 54.6. The molecule has 6 heteroatoms. The molecular formula is C74H142O6. The second-order valence-electron chi connectivity index (χ2n) is 25.2. The summed E-state index contributed by atoms with van der Waals surface area (Å²) in [7, 11) is 0. The predicted octanol–water partition coefficient (Wildman–Crippen LogP) is 25.2. The normalized spacial score (nSPS) is 12.0. The fraction of sp³-hybridized carbons (Fsp3) is 0.932. The minimum absolute atomic E-state index is 0.0622. The first-order valence-electron chi connectivity index (χ1n) is 36.7. The second kappa shape index (κ2) is 69.6. The van der Waals surface area contributed by atoms with Crippen molar-refractivity contribution in [1.82, 2.24) is 0 Å². The fourth-order valence-corrected chi connectivity index (χ4v) is 11.5. The minimum atomic E-state index is -0.766. The van der Waals surface area contributed by atoms with Crippen LogP contribution in [0, 0.1) is 0 Å². The first kappa shape index (κ1) is 78.1. The fourth-order valence-electron chi connectivity index (χ4n) is 11.5. The Labute approximate surface area is 501 Å². The first-order valence-corrected chi connectivity index (χ1v) is 36.7. The van der Waals surface area contributed by atoms with Gasteiger partial charge < -0.3 is 14.2 Å². The van der Waals surface area contributed by atoms with Crippen molar-refractivity contribution in [2.45, 2.75) is 431 Å². The molecule has 80 heavy (non-hydrogen) atoms. The molecule has 0 bridgehead atoms. The lowest BCUT2D eigenvalue weighted by Crippen LogP contribution is -2.30. The summed E-state index contributed by atoms with van der Waals surface area (Å²) >= 11 is 0. The quantitative estimate of drug-likeness (QED) is 0.0261. The molecule has 0 N–H and O–H groups in total. The summed E-state index contributed by atoms with van der Waals surface area (Å²) in [6, 6.07) is 0. The molecule has 0 aliphatic carbocycles. The molecule has 0 rings (SSSR count). The summed E-state index contributed by atoms with van der Waals surface area (Å²) < 4.78 is 17.0. The third kappa shape index (κ3) is 66.9. The maximum Gasteiger partial charge on any atom is 0.306 e. The van der Waals surface area contributed by atoms with Crippen molar-refractivity contribution in [3.63, 3.8) is 0 Å². The number of rotatable bonds is 69. The van der Waals surface area contributed by atoms with Gasteiger partial charge >= 0.3 is 17.9 Å². The Morgan fingerprint density at radius 3 is 0.625 bits per heavy atom. The van der Waals surface area contributed by atoms with Crippen molar-refractivity contribution in [3.05, 3.63) is 12.2 Å². The molecule has 0 aliphatic rings. The number of hydrogen-bond donors (Lipinski definition) is 0. The Morgan fingerprint density at radius 1 is 0.237 bits per heavy atom. The molecular weight excluding hydrogens is 985 g/mol. The number of carbonyl (C=O) groups is 3. The molecule has 0 aromatic heterocycles. The summed E-state index contributed by atoms with van der Waals surface area (Å²) in [4.78, 5) is 38.5. The third-order valence-electron chi connectivity index (χ3n) is 17.0. The van der Waals surface area contributed by atoms with Crippen molar-refractivity contribution in [1.29, 1.82) is 0 Å². The van der Waals surface area contributed by atoms with Gasteiger partial charge in [0.05, 0.1) is 0 Å². The van der Waals surface area contributed by atoms with E-state index < -0.39 is 6.10 Å². The topological polar surface area (TPSA) is 78.9 Å². The highest BCUT2D eigenvalue weighted by molar-refractivity contribution is 5.71. The van der Waals surface area contributed by atoms with Gasteiger partial charge in [-0.05, 0) is 44.9 Å². The van der Waals surface area contributed by atoms with Crippen LogP contribution in [0.1, 0.15) is 425 Å². The Bertz CT molecular complexity index is 1250. The van der Waals surface area contributed by atoms with E-state index in [-0.39, 0.29) is 31.1 Å². The highest BCUT2D eigenvalue weighted by Gasteiger charge is 2.20. The van der Waals surface area contributed by atoms with Crippen LogP contribution in [0.15, 0.2) is 12.2 Å². The van der Waals surface area contributed by atoms with Crippen LogP contribution in [0.4, 0.5) is 0 Å². The Kier molecular flexibility index (Phi) is 68.0.